The molecular formula is C17H26ClN3O2. The lowest BCUT2D eigenvalue weighted by Crippen LogP contribution is -2.39. The molecule has 1 N–H and O–H groups in total. The van der Waals surface area contributed by atoms with Crippen molar-refractivity contribution in [2.24, 2.45) is 0 Å². The Kier molecular flexibility index (Phi) is 8.66. The molecule has 0 bridgehead atoms. The molecule has 0 aliphatic heterocycles. The Balaban J connectivity index is 2.30. The molecule has 0 aromatic heterocycles. The highest BCUT2D eigenvalue weighted by Gasteiger charge is 2.13. The second kappa shape index (κ2) is 10.2. The quantitative estimate of drug-likeness (QED) is 0.750. The van der Waals surface area contributed by atoms with Crippen LogP contribution in [0.2, 0.25) is 5.02 Å². The van der Waals surface area contributed by atoms with E-state index in [-0.39, 0.29) is 11.8 Å². The van der Waals surface area contributed by atoms with E-state index in [4.69, 9.17) is 11.6 Å². The van der Waals surface area contributed by atoms with Crippen LogP contribution in [0, 0.1) is 0 Å². The monoisotopic (exact) mass is 339 g/mol. The number of nitrogens with zero attached hydrogens (tertiary/aromatic N) is 2. The second-order valence-electron chi connectivity index (χ2n) is 5.42. The van der Waals surface area contributed by atoms with Crippen LogP contribution in [0.3, 0.4) is 0 Å². The predicted molar refractivity (Wildman–Crippen MR) is 93.3 cm³/mol. The lowest BCUT2D eigenvalue weighted by atomic mass is 10.2. The van der Waals surface area contributed by atoms with Crippen LogP contribution in [0.4, 0.5) is 0 Å². The highest BCUT2D eigenvalue weighted by molar-refractivity contribution is 6.31. The van der Waals surface area contributed by atoms with E-state index in [9.17, 15) is 9.59 Å². The molecule has 128 valence electrons. The maximum Gasteiger partial charge on any atom is 0.236 e. The van der Waals surface area contributed by atoms with Crippen LogP contribution in [0.1, 0.15) is 25.8 Å². The van der Waals surface area contributed by atoms with E-state index in [0.29, 0.717) is 44.2 Å². The molecule has 0 aliphatic rings. The molecule has 0 aliphatic carbocycles. The summed E-state index contributed by atoms with van der Waals surface area (Å²) in [5, 5.41) is 3.50. The van der Waals surface area contributed by atoms with Crippen LogP contribution < -0.4 is 5.32 Å². The number of likely N-dealkylation sites (N-methyl/N-ethyl adjacent to an activating group) is 2. The number of hydrogen-bond acceptors (Lipinski definition) is 3. The van der Waals surface area contributed by atoms with Gasteiger partial charge in [0.25, 0.3) is 0 Å². The number of carbonyl (C=O) groups excluding carboxylic acids is 2. The molecule has 0 saturated carbocycles. The zero-order chi connectivity index (χ0) is 17.2. The zero-order valence-electron chi connectivity index (χ0n) is 14.1. The SMILES string of the molecule is CCN(CC)C(=O)CN(C)CCC(=O)NCc1ccccc1Cl. The minimum Gasteiger partial charge on any atom is -0.352 e. The predicted octanol–water partition coefficient (Wildman–Crippen LogP) is 2.15. The van der Waals surface area contributed by atoms with Crippen LogP contribution in [-0.4, -0.2) is 54.8 Å². The van der Waals surface area contributed by atoms with Gasteiger partial charge >= 0.3 is 0 Å². The second-order valence-corrected chi connectivity index (χ2v) is 5.83. The highest BCUT2D eigenvalue weighted by Crippen LogP contribution is 2.14. The van der Waals surface area contributed by atoms with Crippen LogP contribution in [0.15, 0.2) is 24.3 Å². The molecule has 0 atom stereocenters. The first-order valence-electron chi connectivity index (χ1n) is 7.94. The third kappa shape index (κ3) is 7.01. The minimum atomic E-state index is -0.0490. The van der Waals surface area contributed by atoms with Gasteiger partial charge in [0.2, 0.25) is 11.8 Å². The van der Waals surface area contributed by atoms with E-state index in [1.54, 1.807) is 11.0 Å². The molecule has 1 rings (SSSR count). The average molecular weight is 340 g/mol. The summed E-state index contributed by atoms with van der Waals surface area (Å²) in [5.74, 6) is 0.0426. The van der Waals surface area contributed by atoms with Crippen molar-refractivity contribution in [3.8, 4) is 0 Å². The maximum absolute atomic E-state index is 12.0. The Hall–Kier alpha value is -1.59. The third-order valence-corrected chi connectivity index (χ3v) is 4.04. The van der Waals surface area contributed by atoms with Crippen LogP contribution in [0.5, 0.6) is 0 Å². The van der Waals surface area contributed by atoms with Crippen molar-refractivity contribution in [2.45, 2.75) is 26.8 Å². The normalized spacial score (nSPS) is 10.7. The number of nitrogens with one attached hydrogen (secondary N) is 1. The maximum atomic E-state index is 12.0. The molecule has 0 fully saturated rings. The summed E-state index contributed by atoms with van der Waals surface area (Å²) in [6, 6.07) is 7.43. The van der Waals surface area contributed by atoms with Gasteiger partial charge in [-0.3, -0.25) is 14.5 Å². The van der Waals surface area contributed by atoms with Gasteiger partial charge in [0, 0.05) is 37.6 Å². The van der Waals surface area contributed by atoms with E-state index in [1.165, 1.54) is 0 Å². The van der Waals surface area contributed by atoms with Crippen LogP contribution >= 0.6 is 11.6 Å². The molecule has 0 spiro atoms. The highest BCUT2D eigenvalue weighted by atomic mass is 35.5. The number of amides is 2. The minimum absolute atomic E-state index is 0.0490. The first kappa shape index (κ1) is 19.5. The fraction of sp³-hybridized carbons (Fsp3) is 0.529. The van der Waals surface area contributed by atoms with Gasteiger partial charge in [-0.1, -0.05) is 29.8 Å². The summed E-state index contributed by atoms with van der Waals surface area (Å²) < 4.78 is 0. The zero-order valence-corrected chi connectivity index (χ0v) is 14.9. The van der Waals surface area contributed by atoms with Crippen molar-refractivity contribution in [3.63, 3.8) is 0 Å². The molecule has 0 unspecified atom stereocenters. The topological polar surface area (TPSA) is 52.7 Å². The van der Waals surface area contributed by atoms with Gasteiger partial charge in [0.1, 0.15) is 0 Å². The van der Waals surface area contributed by atoms with Crippen molar-refractivity contribution in [1.82, 2.24) is 15.1 Å². The molecule has 1 aromatic carbocycles. The Morgan fingerprint density at radius 1 is 1.17 bits per heavy atom. The molecular weight excluding hydrogens is 314 g/mol. The van der Waals surface area contributed by atoms with E-state index in [2.05, 4.69) is 5.32 Å². The van der Waals surface area contributed by atoms with Crippen molar-refractivity contribution < 1.29 is 9.59 Å². The van der Waals surface area contributed by atoms with Crippen molar-refractivity contribution in [1.29, 1.82) is 0 Å². The van der Waals surface area contributed by atoms with Crippen molar-refractivity contribution >= 4 is 23.4 Å². The Morgan fingerprint density at radius 2 is 1.83 bits per heavy atom. The van der Waals surface area contributed by atoms with Gasteiger partial charge in [-0.05, 0) is 32.5 Å². The van der Waals surface area contributed by atoms with Gasteiger partial charge < -0.3 is 10.2 Å². The summed E-state index contributed by atoms with van der Waals surface area (Å²) in [7, 11) is 1.85. The van der Waals surface area contributed by atoms with Gasteiger partial charge in [-0.25, -0.2) is 0 Å². The summed E-state index contributed by atoms with van der Waals surface area (Å²) >= 11 is 6.05. The number of rotatable bonds is 9. The lowest BCUT2D eigenvalue weighted by molar-refractivity contribution is -0.132. The summed E-state index contributed by atoms with van der Waals surface area (Å²) in [5.41, 5.74) is 0.896. The van der Waals surface area contributed by atoms with Crippen LogP contribution in [0.25, 0.3) is 0 Å². The molecule has 0 saturated heterocycles. The first-order valence-corrected chi connectivity index (χ1v) is 8.32. The Bertz CT molecular complexity index is 518. The van der Waals surface area contributed by atoms with E-state index < -0.39 is 0 Å². The summed E-state index contributed by atoms with van der Waals surface area (Å²) in [6.07, 6.45) is 0.354. The largest absolute Gasteiger partial charge is 0.352 e. The van der Waals surface area contributed by atoms with Crippen LogP contribution in [-0.2, 0) is 16.1 Å². The molecule has 6 heteroatoms. The fourth-order valence-electron chi connectivity index (χ4n) is 2.20. The number of benzene rings is 1. The molecule has 0 heterocycles. The van der Waals surface area contributed by atoms with Gasteiger partial charge in [0.15, 0.2) is 0 Å². The summed E-state index contributed by atoms with van der Waals surface area (Å²) in [4.78, 5) is 27.5. The van der Waals surface area contributed by atoms with Gasteiger partial charge in [-0.2, -0.15) is 0 Å². The summed E-state index contributed by atoms with van der Waals surface area (Å²) in [6.45, 7) is 6.64. The molecule has 0 radical (unpaired) electrons. The van der Waals surface area contributed by atoms with Crippen molar-refractivity contribution in [2.75, 3.05) is 33.2 Å². The first-order chi connectivity index (χ1) is 11.0. The van der Waals surface area contributed by atoms with Gasteiger partial charge in [0.05, 0.1) is 6.54 Å². The lowest BCUT2D eigenvalue weighted by Gasteiger charge is -2.22. The molecule has 2 amide bonds. The molecule has 23 heavy (non-hydrogen) atoms. The third-order valence-electron chi connectivity index (χ3n) is 3.68. The number of halogens is 1. The Labute approximate surface area is 143 Å². The van der Waals surface area contributed by atoms with Gasteiger partial charge in [-0.15, -0.1) is 0 Å². The standard InChI is InChI=1S/C17H26ClN3O2/c1-4-21(5-2)17(23)13-20(3)11-10-16(22)19-12-14-8-6-7-9-15(14)18/h6-9H,4-5,10-13H2,1-3H3,(H,19,22). The Morgan fingerprint density at radius 3 is 2.43 bits per heavy atom. The fourth-order valence-corrected chi connectivity index (χ4v) is 2.41. The molecule has 5 nitrogen and oxygen atoms in total. The number of carbonyl (C=O) groups is 2. The number of hydrogen-bond donors (Lipinski definition) is 1. The molecule has 1 aromatic rings. The van der Waals surface area contributed by atoms with E-state index in [1.807, 2.05) is 44.0 Å². The average Bonchev–Trinajstić information content (AvgIpc) is 2.53. The van der Waals surface area contributed by atoms with Crippen molar-refractivity contribution in [3.05, 3.63) is 34.9 Å². The van der Waals surface area contributed by atoms with E-state index in [0.717, 1.165) is 5.56 Å². The smallest absolute Gasteiger partial charge is 0.236 e. The van der Waals surface area contributed by atoms with E-state index >= 15 is 0 Å².